The molecule has 14 heteroatoms. The van der Waals surface area contributed by atoms with Crippen LogP contribution in [0.15, 0.2) is 48.5 Å². The zero-order valence-electron chi connectivity index (χ0n) is 27.0. The zero-order chi connectivity index (χ0) is 35.2. The Bertz CT molecular complexity index is 1350. The lowest BCUT2D eigenvalue weighted by Crippen LogP contribution is -2.53. The van der Waals surface area contributed by atoms with E-state index in [1.54, 1.807) is 51.1 Å². The number of alkyl halides is 6. The highest BCUT2D eigenvalue weighted by atomic mass is 19.4. The summed E-state index contributed by atoms with van der Waals surface area (Å²) in [6, 6.07) is 9.93. The summed E-state index contributed by atoms with van der Waals surface area (Å²) < 4.78 is 91.2. The Morgan fingerprint density at radius 3 is 1.98 bits per heavy atom. The fourth-order valence-corrected chi connectivity index (χ4v) is 5.66. The lowest BCUT2D eigenvalue weighted by Gasteiger charge is -2.44. The summed E-state index contributed by atoms with van der Waals surface area (Å²) in [5.74, 6) is -2.55. The van der Waals surface area contributed by atoms with E-state index in [4.69, 9.17) is 9.47 Å². The fraction of sp³-hybridized carbons (Fsp3) is 0.545. The fourth-order valence-electron chi connectivity index (χ4n) is 5.66. The Labute approximate surface area is 270 Å². The lowest BCUT2D eigenvalue weighted by atomic mass is 9.74. The van der Waals surface area contributed by atoms with Crippen LogP contribution in [0.2, 0.25) is 0 Å². The van der Waals surface area contributed by atoms with E-state index >= 15 is 0 Å². The molecule has 0 radical (unpaired) electrons. The summed E-state index contributed by atoms with van der Waals surface area (Å²) in [5, 5.41) is 5.64. The van der Waals surface area contributed by atoms with Crippen molar-refractivity contribution in [2.75, 3.05) is 26.7 Å². The van der Waals surface area contributed by atoms with E-state index in [2.05, 4.69) is 10.6 Å². The van der Waals surface area contributed by atoms with Crippen molar-refractivity contribution < 1.29 is 50.2 Å². The van der Waals surface area contributed by atoms with Gasteiger partial charge in [0.05, 0.1) is 36.2 Å². The number of methoxy groups -OCH3 is 1. The van der Waals surface area contributed by atoms with Crippen molar-refractivity contribution >= 4 is 18.0 Å². The van der Waals surface area contributed by atoms with E-state index < -0.39 is 64.1 Å². The molecule has 1 aliphatic rings. The minimum absolute atomic E-state index is 0.0317. The third kappa shape index (κ3) is 10.6. The van der Waals surface area contributed by atoms with Crippen LogP contribution in [0.25, 0.3) is 0 Å². The number of ether oxygens (including phenoxy) is 2. The van der Waals surface area contributed by atoms with Crippen molar-refractivity contribution in [3.8, 4) is 0 Å². The molecule has 1 saturated carbocycles. The molecule has 0 aliphatic heterocycles. The topological polar surface area (TPSA) is 97.0 Å². The molecule has 1 aliphatic carbocycles. The first kappa shape index (κ1) is 37.6. The number of rotatable bonds is 10. The minimum Gasteiger partial charge on any atom is -0.468 e. The second-order valence-corrected chi connectivity index (χ2v) is 12.7. The van der Waals surface area contributed by atoms with Crippen molar-refractivity contribution in [2.24, 2.45) is 0 Å². The number of carbonyl (C=O) groups is 3. The van der Waals surface area contributed by atoms with Gasteiger partial charge in [0.2, 0.25) is 5.91 Å². The number of benzene rings is 2. The van der Waals surface area contributed by atoms with Crippen LogP contribution in [0.4, 0.5) is 31.1 Å². The van der Waals surface area contributed by atoms with Crippen LogP contribution in [0.3, 0.4) is 0 Å². The SMILES string of the molecule is COC(=O)CN(CCNC(=O)OC(C)(C)C)C1CCC(NC(=O)C(C)c2cc(C(F)(F)F)cc(C(F)(F)F)c2)(c2ccccc2)CC1. The Kier molecular flexibility index (Phi) is 12.0. The van der Waals surface area contributed by atoms with E-state index in [1.165, 1.54) is 14.0 Å². The molecule has 1 fully saturated rings. The highest BCUT2D eigenvalue weighted by molar-refractivity contribution is 5.84. The van der Waals surface area contributed by atoms with Gasteiger partial charge in [0.25, 0.3) is 0 Å². The van der Waals surface area contributed by atoms with E-state index in [0.717, 1.165) is 5.56 Å². The first-order valence-corrected chi connectivity index (χ1v) is 15.2. The summed E-state index contributed by atoms with van der Waals surface area (Å²) in [6.07, 6.45) is -9.06. The quantitative estimate of drug-likeness (QED) is 0.213. The molecule has 0 heterocycles. The van der Waals surface area contributed by atoms with Gasteiger partial charge >= 0.3 is 24.4 Å². The zero-order valence-corrected chi connectivity index (χ0v) is 27.0. The van der Waals surface area contributed by atoms with Crippen molar-refractivity contribution in [2.45, 2.75) is 88.8 Å². The third-order valence-corrected chi connectivity index (χ3v) is 8.14. The molecule has 0 spiro atoms. The van der Waals surface area contributed by atoms with Crippen molar-refractivity contribution in [3.05, 3.63) is 70.8 Å². The molecule has 0 aromatic heterocycles. The number of nitrogens with one attached hydrogen (secondary N) is 2. The molecule has 2 aromatic carbocycles. The molecule has 8 nitrogen and oxygen atoms in total. The molecule has 0 bridgehead atoms. The highest BCUT2D eigenvalue weighted by Gasteiger charge is 2.42. The normalized spacial score (nSPS) is 19.5. The number of hydrogen-bond donors (Lipinski definition) is 2. The molecular formula is C33H41F6N3O5. The molecule has 2 aromatic rings. The van der Waals surface area contributed by atoms with Gasteiger partial charge in [0.1, 0.15) is 5.60 Å². The van der Waals surface area contributed by atoms with Crippen LogP contribution in [0.1, 0.15) is 81.5 Å². The smallest absolute Gasteiger partial charge is 0.416 e. The summed E-state index contributed by atoms with van der Waals surface area (Å²) in [7, 11) is 1.26. The first-order valence-electron chi connectivity index (χ1n) is 15.2. The molecular weight excluding hydrogens is 632 g/mol. The number of alkyl carbamates (subject to hydrolysis) is 1. The van der Waals surface area contributed by atoms with Crippen molar-refractivity contribution in [3.63, 3.8) is 0 Å². The largest absolute Gasteiger partial charge is 0.468 e. The average Bonchev–Trinajstić information content (AvgIpc) is 2.99. The van der Waals surface area contributed by atoms with Gasteiger partial charge in [-0.3, -0.25) is 14.5 Å². The van der Waals surface area contributed by atoms with Gasteiger partial charge in [0, 0.05) is 19.1 Å². The molecule has 1 unspecified atom stereocenters. The molecule has 3 rings (SSSR count). The minimum atomic E-state index is -5.05. The maximum absolute atomic E-state index is 13.6. The monoisotopic (exact) mass is 673 g/mol. The number of halogens is 6. The van der Waals surface area contributed by atoms with Crippen LogP contribution >= 0.6 is 0 Å². The summed E-state index contributed by atoms with van der Waals surface area (Å²) in [4.78, 5) is 39.9. The van der Waals surface area contributed by atoms with E-state index in [1.807, 2.05) is 4.90 Å². The van der Waals surface area contributed by atoms with Gasteiger partial charge in [-0.2, -0.15) is 26.3 Å². The Morgan fingerprint density at radius 1 is 0.936 bits per heavy atom. The van der Waals surface area contributed by atoms with Gasteiger partial charge < -0.3 is 20.1 Å². The summed E-state index contributed by atoms with van der Waals surface area (Å²) in [6.45, 7) is 6.87. The first-order chi connectivity index (χ1) is 21.7. The maximum atomic E-state index is 13.6. The van der Waals surface area contributed by atoms with Crippen LogP contribution in [0.5, 0.6) is 0 Å². The van der Waals surface area contributed by atoms with Crippen LogP contribution in [-0.4, -0.2) is 61.3 Å². The number of hydrogen-bond acceptors (Lipinski definition) is 6. The van der Waals surface area contributed by atoms with Gasteiger partial charge in [0.15, 0.2) is 0 Å². The lowest BCUT2D eigenvalue weighted by molar-refractivity contribution is -0.144. The second-order valence-electron chi connectivity index (χ2n) is 12.7. The number of nitrogens with zero attached hydrogens (tertiary/aromatic N) is 1. The molecule has 2 amide bonds. The molecule has 0 saturated heterocycles. The standard InChI is InChI=1S/C33H41F6N3O5/c1-21(22-17-24(32(34,35)36)19-25(18-22)33(37,38)39)28(44)41-31(23-9-7-6-8-10-23)13-11-26(12-14-31)42(20-27(43)46-5)16-15-40-29(45)47-30(2,3)4/h6-10,17-19,21,26H,11-16,20H2,1-5H3,(H,40,45)(H,41,44). The van der Waals surface area contributed by atoms with Crippen LogP contribution in [0, 0.1) is 0 Å². The number of amides is 2. The van der Waals surface area contributed by atoms with Crippen LogP contribution in [-0.2, 0) is 37.0 Å². The van der Waals surface area contributed by atoms with Crippen molar-refractivity contribution in [1.82, 2.24) is 15.5 Å². The molecule has 47 heavy (non-hydrogen) atoms. The molecule has 1 atom stereocenters. The van der Waals surface area contributed by atoms with Crippen LogP contribution < -0.4 is 10.6 Å². The third-order valence-electron chi connectivity index (χ3n) is 8.14. The van der Waals surface area contributed by atoms with E-state index in [0.29, 0.717) is 37.8 Å². The van der Waals surface area contributed by atoms with Gasteiger partial charge in [-0.05, 0) is 82.7 Å². The predicted octanol–water partition coefficient (Wildman–Crippen LogP) is 6.78. The highest BCUT2D eigenvalue weighted by Crippen LogP contribution is 2.41. The Morgan fingerprint density at radius 2 is 1.49 bits per heavy atom. The Hall–Kier alpha value is -3.81. The van der Waals surface area contributed by atoms with Gasteiger partial charge in [-0.15, -0.1) is 0 Å². The molecule has 2 N–H and O–H groups in total. The summed E-state index contributed by atoms with van der Waals surface area (Å²) in [5.41, 5.74) is -4.35. The van der Waals surface area contributed by atoms with E-state index in [-0.39, 0.29) is 31.7 Å². The van der Waals surface area contributed by atoms with E-state index in [9.17, 15) is 40.7 Å². The van der Waals surface area contributed by atoms with Crippen molar-refractivity contribution in [1.29, 1.82) is 0 Å². The van der Waals surface area contributed by atoms with Gasteiger partial charge in [-0.25, -0.2) is 4.79 Å². The summed E-state index contributed by atoms with van der Waals surface area (Å²) >= 11 is 0. The second kappa shape index (κ2) is 15.0. The average molecular weight is 674 g/mol. The van der Waals surface area contributed by atoms with Gasteiger partial charge in [-0.1, -0.05) is 30.3 Å². The molecule has 260 valence electrons. The number of carbonyl (C=O) groups excluding carboxylic acids is 3. The number of esters is 1. The predicted molar refractivity (Wildman–Crippen MR) is 161 cm³/mol. The maximum Gasteiger partial charge on any atom is 0.416 e. The Balaban J connectivity index is 1.83.